The molecule has 3 heterocycles. The average Bonchev–Trinajstić information content (AvgIpc) is 3.32. The van der Waals surface area contributed by atoms with Crippen molar-refractivity contribution < 1.29 is 14.4 Å². The molecule has 1 N–H and O–H groups in total. The van der Waals surface area contributed by atoms with Gasteiger partial charge in [-0.1, -0.05) is 6.07 Å². The number of thiophene rings is 1. The fourth-order valence-corrected chi connectivity index (χ4v) is 3.62. The summed E-state index contributed by atoms with van der Waals surface area (Å²) in [6, 6.07) is 7.11. The molecule has 0 aromatic carbocycles. The summed E-state index contributed by atoms with van der Waals surface area (Å²) in [5.74, 6) is -0.224. The fourth-order valence-electron chi connectivity index (χ4n) is 2.93. The molecule has 7 heteroatoms. The van der Waals surface area contributed by atoms with Crippen molar-refractivity contribution in [3.63, 3.8) is 0 Å². The number of nitrogens with one attached hydrogen (secondary N) is 1. The highest BCUT2D eigenvalue weighted by atomic mass is 32.1. The Morgan fingerprint density at radius 2 is 2.12 bits per heavy atom. The Kier molecular flexibility index (Phi) is 5.78. The lowest BCUT2D eigenvalue weighted by Crippen LogP contribution is -2.38. The number of pyridine rings is 1. The first-order valence-corrected chi connectivity index (χ1v) is 9.49. The molecule has 2 amide bonds. The zero-order valence-corrected chi connectivity index (χ0v) is 15.4. The maximum Gasteiger partial charge on any atom is 0.255 e. The molecule has 2 aromatic heterocycles. The van der Waals surface area contributed by atoms with Gasteiger partial charge in [0.05, 0.1) is 10.4 Å². The van der Waals surface area contributed by atoms with Gasteiger partial charge < -0.3 is 10.2 Å². The first-order chi connectivity index (χ1) is 12.5. The van der Waals surface area contributed by atoms with Crippen LogP contribution in [0, 0.1) is 6.92 Å². The molecule has 0 spiro atoms. The van der Waals surface area contributed by atoms with E-state index >= 15 is 0 Å². The van der Waals surface area contributed by atoms with E-state index in [0.717, 1.165) is 12.1 Å². The maximum atomic E-state index is 12.5. The van der Waals surface area contributed by atoms with Crippen molar-refractivity contribution in [2.45, 2.75) is 32.2 Å². The van der Waals surface area contributed by atoms with Crippen LogP contribution in [0.15, 0.2) is 35.8 Å². The Labute approximate surface area is 156 Å². The Bertz CT molecular complexity index is 787. The molecular weight excluding hydrogens is 350 g/mol. The molecule has 1 aliphatic heterocycles. The number of aromatic nitrogens is 1. The molecule has 0 aliphatic carbocycles. The van der Waals surface area contributed by atoms with Crippen LogP contribution in [0.1, 0.15) is 45.0 Å². The zero-order chi connectivity index (χ0) is 18.5. The summed E-state index contributed by atoms with van der Waals surface area (Å²) in [4.78, 5) is 43.1. The van der Waals surface area contributed by atoms with E-state index in [1.54, 1.807) is 23.2 Å². The number of hydrogen-bond donors (Lipinski definition) is 1. The van der Waals surface area contributed by atoms with Gasteiger partial charge in [-0.05, 0) is 36.9 Å². The van der Waals surface area contributed by atoms with Gasteiger partial charge in [-0.3, -0.25) is 19.4 Å². The lowest BCUT2D eigenvalue weighted by molar-refractivity contribution is -0.121. The minimum atomic E-state index is -0.147. The van der Waals surface area contributed by atoms with E-state index in [4.69, 9.17) is 0 Å². The third-order valence-corrected chi connectivity index (χ3v) is 5.28. The monoisotopic (exact) mass is 371 g/mol. The van der Waals surface area contributed by atoms with Crippen LogP contribution >= 0.6 is 11.3 Å². The van der Waals surface area contributed by atoms with Crippen LogP contribution in [0.4, 0.5) is 0 Å². The summed E-state index contributed by atoms with van der Waals surface area (Å²) in [5, 5.41) is 4.78. The van der Waals surface area contributed by atoms with Crippen molar-refractivity contribution in [2.75, 3.05) is 13.1 Å². The van der Waals surface area contributed by atoms with E-state index < -0.39 is 0 Å². The Morgan fingerprint density at radius 1 is 1.27 bits per heavy atom. The number of ketones is 1. The van der Waals surface area contributed by atoms with Gasteiger partial charge in [-0.2, -0.15) is 0 Å². The van der Waals surface area contributed by atoms with Gasteiger partial charge in [0.2, 0.25) is 5.91 Å². The maximum absolute atomic E-state index is 12.5. The van der Waals surface area contributed by atoms with Crippen LogP contribution in [0.3, 0.4) is 0 Å². The standard InChI is InChI=1S/C19H21N3O3S/c1-13-4-5-14(11-20-13)19(25)22-9-8-15(12-22)21-18(24)7-6-16(23)17-3-2-10-26-17/h2-5,10-11,15H,6-9,12H2,1H3,(H,21,24)/t15-/m1/s1. The molecule has 1 fully saturated rings. The Hall–Kier alpha value is -2.54. The smallest absolute Gasteiger partial charge is 0.255 e. The molecule has 3 rings (SSSR count). The van der Waals surface area contributed by atoms with Crippen molar-refractivity contribution in [1.82, 2.24) is 15.2 Å². The van der Waals surface area contributed by atoms with Crippen molar-refractivity contribution in [1.29, 1.82) is 0 Å². The zero-order valence-electron chi connectivity index (χ0n) is 14.6. The first kappa shape index (κ1) is 18.3. The summed E-state index contributed by atoms with van der Waals surface area (Å²) in [7, 11) is 0. The molecule has 0 bridgehead atoms. The summed E-state index contributed by atoms with van der Waals surface area (Å²) < 4.78 is 0. The highest BCUT2D eigenvalue weighted by Crippen LogP contribution is 2.15. The molecule has 2 aromatic rings. The van der Waals surface area contributed by atoms with Crippen molar-refractivity contribution >= 4 is 28.9 Å². The summed E-state index contributed by atoms with van der Waals surface area (Å²) >= 11 is 1.39. The third-order valence-electron chi connectivity index (χ3n) is 4.37. The number of carbonyl (C=O) groups is 3. The molecule has 6 nitrogen and oxygen atoms in total. The van der Waals surface area contributed by atoms with E-state index in [-0.39, 0.29) is 36.5 Å². The number of rotatable bonds is 6. The summed E-state index contributed by atoms with van der Waals surface area (Å²) in [6.07, 6.45) is 2.68. The molecule has 0 unspecified atom stereocenters. The first-order valence-electron chi connectivity index (χ1n) is 8.61. The molecule has 1 aliphatic rings. The number of hydrogen-bond acceptors (Lipinski definition) is 5. The van der Waals surface area contributed by atoms with Crippen molar-refractivity contribution in [2.24, 2.45) is 0 Å². The van der Waals surface area contributed by atoms with Crippen molar-refractivity contribution in [3.8, 4) is 0 Å². The minimum Gasteiger partial charge on any atom is -0.352 e. The van der Waals surface area contributed by atoms with E-state index in [1.165, 1.54) is 11.3 Å². The highest BCUT2D eigenvalue weighted by Gasteiger charge is 2.28. The number of Topliss-reactive ketones (excluding diaryl/α,β-unsaturated/α-hetero) is 1. The van der Waals surface area contributed by atoms with E-state index in [9.17, 15) is 14.4 Å². The molecule has 0 saturated carbocycles. The van der Waals surface area contributed by atoms with Crippen molar-refractivity contribution in [3.05, 3.63) is 52.0 Å². The van der Waals surface area contributed by atoms with Crippen LogP contribution in [0.5, 0.6) is 0 Å². The fraction of sp³-hybridized carbons (Fsp3) is 0.368. The van der Waals surface area contributed by atoms with Crippen LogP contribution in [0.2, 0.25) is 0 Å². The summed E-state index contributed by atoms with van der Waals surface area (Å²) in [5.41, 5.74) is 1.43. The molecule has 1 atom stereocenters. The molecular formula is C19H21N3O3S. The van der Waals surface area contributed by atoms with Gasteiger partial charge in [0.1, 0.15) is 0 Å². The second-order valence-electron chi connectivity index (χ2n) is 6.39. The molecule has 136 valence electrons. The van der Waals surface area contributed by atoms with Gasteiger partial charge in [-0.25, -0.2) is 0 Å². The van der Waals surface area contributed by atoms with Gasteiger partial charge >= 0.3 is 0 Å². The predicted octanol–water partition coefficient (Wildman–Crippen LogP) is 2.45. The summed E-state index contributed by atoms with van der Waals surface area (Å²) in [6.45, 7) is 2.96. The van der Waals surface area contributed by atoms with Gasteiger partial charge in [0.25, 0.3) is 5.91 Å². The van der Waals surface area contributed by atoms with E-state index in [0.29, 0.717) is 23.5 Å². The Balaban J connectivity index is 1.45. The molecule has 26 heavy (non-hydrogen) atoms. The molecule has 0 radical (unpaired) electrons. The predicted molar refractivity (Wildman–Crippen MR) is 99.3 cm³/mol. The normalized spacial score (nSPS) is 16.5. The second-order valence-corrected chi connectivity index (χ2v) is 7.34. The quantitative estimate of drug-likeness (QED) is 0.791. The lowest BCUT2D eigenvalue weighted by atomic mass is 10.1. The number of likely N-dealkylation sites (tertiary alicyclic amines) is 1. The largest absolute Gasteiger partial charge is 0.352 e. The number of aryl methyl sites for hydroxylation is 1. The van der Waals surface area contributed by atoms with Gasteiger partial charge in [0, 0.05) is 43.9 Å². The van der Waals surface area contributed by atoms with Gasteiger partial charge in [0.15, 0.2) is 5.78 Å². The SMILES string of the molecule is Cc1ccc(C(=O)N2CC[C@@H](NC(=O)CCC(=O)c3cccs3)C2)cn1. The van der Waals surface area contributed by atoms with E-state index in [1.807, 2.05) is 24.4 Å². The highest BCUT2D eigenvalue weighted by molar-refractivity contribution is 7.12. The van der Waals surface area contributed by atoms with Gasteiger partial charge in [-0.15, -0.1) is 11.3 Å². The topological polar surface area (TPSA) is 79.4 Å². The minimum absolute atomic E-state index is 0.00903. The van der Waals surface area contributed by atoms with E-state index in [2.05, 4.69) is 10.3 Å². The van der Waals surface area contributed by atoms with Crippen LogP contribution in [-0.4, -0.2) is 46.6 Å². The Morgan fingerprint density at radius 3 is 2.81 bits per heavy atom. The lowest BCUT2D eigenvalue weighted by Gasteiger charge is -2.17. The number of amides is 2. The van der Waals surface area contributed by atoms with Crippen LogP contribution in [0.25, 0.3) is 0 Å². The number of nitrogens with zero attached hydrogens (tertiary/aromatic N) is 2. The third kappa shape index (κ3) is 4.54. The van der Waals surface area contributed by atoms with Crippen LogP contribution in [-0.2, 0) is 4.79 Å². The van der Waals surface area contributed by atoms with Crippen LogP contribution < -0.4 is 5.32 Å². The second kappa shape index (κ2) is 8.23. The number of carbonyl (C=O) groups excluding carboxylic acids is 3. The average molecular weight is 371 g/mol. The molecule has 1 saturated heterocycles.